The van der Waals surface area contributed by atoms with Gasteiger partial charge >= 0.3 is 17.9 Å². The summed E-state index contributed by atoms with van der Waals surface area (Å²) in [6.07, 6.45) is 43.7. The molecule has 0 amide bonds. The van der Waals surface area contributed by atoms with Crippen LogP contribution < -0.4 is 0 Å². The quantitative estimate of drug-likeness (QED) is 0.0348. The van der Waals surface area contributed by atoms with Gasteiger partial charge in [-0.1, -0.05) is 233 Å². The van der Waals surface area contributed by atoms with Crippen LogP contribution in [0.2, 0.25) is 0 Å². The Labute approximate surface area is 342 Å². The monoisotopic (exact) mass is 779 g/mol. The highest BCUT2D eigenvalue weighted by Gasteiger charge is 2.19. The van der Waals surface area contributed by atoms with Crippen LogP contribution in [0.25, 0.3) is 0 Å². The van der Waals surface area contributed by atoms with Crippen LogP contribution >= 0.6 is 0 Å². The van der Waals surface area contributed by atoms with E-state index in [4.69, 9.17) is 14.2 Å². The smallest absolute Gasteiger partial charge is 0.306 e. The highest BCUT2D eigenvalue weighted by molar-refractivity contribution is 5.71. The number of hydrogen-bond acceptors (Lipinski definition) is 6. The third kappa shape index (κ3) is 43.4. The highest BCUT2D eigenvalue weighted by atomic mass is 16.6. The van der Waals surface area contributed by atoms with Gasteiger partial charge in [0.2, 0.25) is 0 Å². The molecular formula is C49H94O6. The van der Waals surface area contributed by atoms with Crippen molar-refractivity contribution in [2.45, 2.75) is 278 Å². The summed E-state index contributed by atoms with van der Waals surface area (Å²) in [4.78, 5) is 37.8. The molecule has 0 aliphatic rings. The SMILES string of the molecule is CCCCCCCCCCCCCCCCC(=O)OC[C@@H](COC(=O)CCCCCCCCCCCCCC)OC(=O)CCCCCCCCCCC(C)C. The third-order valence-corrected chi connectivity index (χ3v) is 11.0. The Morgan fingerprint density at radius 2 is 0.600 bits per heavy atom. The first-order chi connectivity index (χ1) is 26.9. The molecule has 0 rings (SSSR count). The van der Waals surface area contributed by atoms with Crippen LogP contribution in [0, 0.1) is 5.92 Å². The molecule has 0 aromatic rings. The molecular weight excluding hydrogens is 685 g/mol. The summed E-state index contributed by atoms with van der Waals surface area (Å²) in [5.74, 6) is -0.0573. The summed E-state index contributed by atoms with van der Waals surface area (Å²) < 4.78 is 16.8. The summed E-state index contributed by atoms with van der Waals surface area (Å²) in [5, 5.41) is 0. The van der Waals surface area contributed by atoms with E-state index >= 15 is 0 Å². The molecule has 6 heteroatoms. The van der Waals surface area contributed by atoms with Gasteiger partial charge in [-0.05, 0) is 25.2 Å². The van der Waals surface area contributed by atoms with Crippen LogP contribution in [0.1, 0.15) is 272 Å². The van der Waals surface area contributed by atoms with Gasteiger partial charge in [0.15, 0.2) is 6.10 Å². The van der Waals surface area contributed by atoms with Crippen molar-refractivity contribution in [1.82, 2.24) is 0 Å². The molecule has 55 heavy (non-hydrogen) atoms. The van der Waals surface area contributed by atoms with Gasteiger partial charge in [-0.3, -0.25) is 14.4 Å². The lowest BCUT2D eigenvalue weighted by Crippen LogP contribution is -2.30. The van der Waals surface area contributed by atoms with Gasteiger partial charge in [0.1, 0.15) is 13.2 Å². The van der Waals surface area contributed by atoms with Crippen molar-refractivity contribution in [1.29, 1.82) is 0 Å². The normalized spacial score (nSPS) is 11.9. The first-order valence-electron chi connectivity index (χ1n) is 24.4. The van der Waals surface area contributed by atoms with Crippen molar-refractivity contribution >= 4 is 17.9 Å². The van der Waals surface area contributed by atoms with Crippen molar-refractivity contribution in [2.24, 2.45) is 5.92 Å². The summed E-state index contributed by atoms with van der Waals surface area (Å²) >= 11 is 0. The Morgan fingerprint density at radius 3 is 0.891 bits per heavy atom. The highest BCUT2D eigenvalue weighted by Crippen LogP contribution is 2.16. The van der Waals surface area contributed by atoms with Gasteiger partial charge in [0, 0.05) is 19.3 Å². The van der Waals surface area contributed by atoms with Gasteiger partial charge < -0.3 is 14.2 Å². The van der Waals surface area contributed by atoms with Gasteiger partial charge in [-0.15, -0.1) is 0 Å². The molecule has 0 fully saturated rings. The van der Waals surface area contributed by atoms with Crippen LogP contribution in [0.3, 0.4) is 0 Å². The Kier molecular flexibility index (Phi) is 42.3. The van der Waals surface area contributed by atoms with Crippen molar-refractivity contribution in [3.63, 3.8) is 0 Å². The molecule has 0 N–H and O–H groups in total. The van der Waals surface area contributed by atoms with Crippen LogP contribution in [0.15, 0.2) is 0 Å². The Balaban J connectivity index is 4.31. The van der Waals surface area contributed by atoms with Crippen molar-refractivity contribution in [3.05, 3.63) is 0 Å². The van der Waals surface area contributed by atoms with E-state index in [1.54, 1.807) is 0 Å². The Bertz CT molecular complexity index is 826. The Morgan fingerprint density at radius 1 is 0.345 bits per heavy atom. The molecule has 0 aliphatic heterocycles. The van der Waals surface area contributed by atoms with Crippen molar-refractivity contribution in [2.75, 3.05) is 13.2 Å². The molecule has 0 aromatic carbocycles. The second-order valence-electron chi connectivity index (χ2n) is 17.2. The van der Waals surface area contributed by atoms with Gasteiger partial charge in [0.05, 0.1) is 0 Å². The molecule has 1 atom stereocenters. The van der Waals surface area contributed by atoms with Gasteiger partial charge in [0.25, 0.3) is 0 Å². The van der Waals surface area contributed by atoms with Crippen LogP contribution in [0.5, 0.6) is 0 Å². The fraction of sp³-hybridized carbons (Fsp3) is 0.939. The summed E-state index contributed by atoms with van der Waals surface area (Å²) in [6, 6.07) is 0. The molecule has 0 unspecified atom stereocenters. The maximum Gasteiger partial charge on any atom is 0.306 e. The number of rotatable bonds is 44. The zero-order valence-electron chi connectivity index (χ0n) is 37.4. The number of carbonyl (C=O) groups excluding carboxylic acids is 3. The number of esters is 3. The maximum absolute atomic E-state index is 12.7. The van der Waals surface area contributed by atoms with E-state index in [1.807, 2.05) is 0 Å². The second kappa shape index (κ2) is 43.5. The van der Waals surface area contributed by atoms with E-state index in [9.17, 15) is 14.4 Å². The topological polar surface area (TPSA) is 78.9 Å². The van der Waals surface area contributed by atoms with Gasteiger partial charge in [-0.2, -0.15) is 0 Å². The predicted octanol–water partition coefficient (Wildman–Crippen LogP) is 15.5. The molecule has 0 spiro atoms. The fourth-order valence-corrected chi connectivity index (χ4v) is 7.33. The lowest BCUT2D eigenvalue weighted by atomic mass is 10.0. The molecule has 0 radical (unpaired) electrons. The predicted molar refractivity (Wildman–Crippen MR) is 233 cm³/mol. The van der Waals surface area contributed by atoms with Crippen molar-refractivity contribution in [3.8, 4) is 0 Å². The number of ether oxygens (including phenoxy) is 3. The molecule has 0 aliphatic carbocycles. The zero-order valence-corrected chi connectivity index (χ0v) is 37.4. The minimum Gasteiger partial charge on any atom is -0.462 e. The average Bonchev–Trinajstić information content (AvgIpc) is 3.17. The minimum absolute atomic E-state index is 0.0636. The lowest BCUT2D eigenvalue weighted by molar-refractivity contribution is -0.167. The standard InChI is InChI=1S/C49H94O6/c1-5-7-9-11-13-15-17-19-20-22-24-29-33-37-41-48(51)54-44-46(55-49(52)42-38-34-30-26-25-27-31-35-39-45(3)4)43-53-47(50)40-36-32-28-23-21-18-16-14-12-10-8-6-2/h45-46H,5-44H2,1-4H3/t46-/m1/s1. The minimum atomic E-state index is -0.760. The summed E-state index contributed by atoms with van der Waals surface area (Å²) in [7, 11) is 0. The van der Waals surface area contributed by atoms with E-state index in [0.29, 0.717) is 19.3 Å². The van der Waals surface area contributed by atoms with Gasteiger partial charge in [-0.25, -0.2) is 0 Å². The van der Waals surface area contributed by atoms with E-state index < -0.39 is 6.10 Å². The molecule has 0 saturated heterocycles. The third-order valence-electron chi connectivity index (χ3n) is 11.0. The fourth-order valence-electron chi connectivity index (χ4n) is 7.33. The zero-order chi connectivity index (χ0) is 40.3. The molecule has 0 aromatic heterocycles. The van der Waals surface area contributed by atoms with E-state index in [2.05, 4.69) is 27.7 Å². The number of unbranched alkanes of at least 4 members (excludes halogenated alkanes) is 31. The lowest BCUT2D eigenvalue weighted by Gasteiger charge is -2.18. The molecule has 0 bridgehead atoms. The Hall–Kier alpha value is -1.59. The van der Waals surface area contributed by atoms with Crippen LogP contribution in [-0.4, -0.2) is 37.2 Å². The molecule has 326 valence electrons. The first-order valence-corrected chi connectivity index (χ1v) is 24.4. The van der Waals surface area contributed by atoms with E-state index in [0.717, 1.165) is 63.7 Å². The number of hydrogen-bond donors (Lipinski definition) is 0. The maximum atomic E-state index is 12.7. The summed E-state index contributed by atoms with van der Waals surface area (Å²) in [5.41, 5.74) is 0. The number of carbonyl (C=O) groups is 3. The van der Waals surface area contributed by atoms with E-state index in [-0.39, 0.29) is 31.1 Å². The largest absolute Gasteiger partial charge is 0.462 e. The average molecular weight is 779 g/mol. The molecule has 6 nitrogen and oxygen atoms in total. The van der Waals surface area contributed by atoms with Crippen LogP contribution in [0.4, 0.5) is 0 Å². The molecule has 0 heterocycles. The van der Waals surface area contributed by atoms with Crippen molar-refractivity contribution < 1.29 is 28.6 Å². The summed E-state index contributed by atoms with van der Waals surface area (Å²) in [6.45, 7) is 8.98. The molecule has 0 saturated carbocycles. The second-order valence-corrected chi connectivity index (χ2v) is 17.2. The van der Waals surface area contributed by atoms with E-state index in [1.165, 1.54) is 167 Å². The first kappa shape index (κ1) is 53.4. The van der Waals surface area contributed by atoms with Crippen LogP contribution in [-0.2, 0) is 28.6 Å².